The molecule has 0 radical (unpaired) electrons. The number of rotatable bonds is 5. The van der Waals surface area contributed by atoms with Gasteiger partial charge >= 0.3 is 0 Å². The second-order valence-corrected chi connectivity index (χ2v) is 6.32. The largest absolute Gasteiger partial charge is 0.492 e. The molecule has 0 fully saturated rings. The third-order valence-corrected chi connectivity index (χ3v) is 4.50. The second kappa shape index (κ2) is 5.73. The lowest BCUT2D eigenvalue weighted by Gasteiger charge is -2.10. The van der Waals surface area contributed by atoms with Crippen LogP contribution in [-0.4, -0.2) is 20.5 Å². The molecule has 0 aliphatic rings. The van der Waals surface area contributed by atoms with Gasteiger partial charge in [0, 0.05) is 5.38 Å². The van der Waals surface area contributed by atoms with Crippen molar-refractivity contribution in [2.24, 2.45) is 0 Å². The van der Waals surface area contributed by atoms with Gasteiger partial charge in [-0.2, -0.15) is 0 Å². The third kappa shape index (κ3) is 3.06. The molecule has 108 valence electrons. The molecule has 0 unspecified atom stereocenters. The molecule has 1 heterocycles. The van der Waals surface area contributed by atoms with Crippen molar-refractivity contribution in [3.8, 4) is 5.75 Å². The summed E-state index contributed by atoms with van der Waals surface area (Å²) in [6, 6.07) is 2.00. The minimum Gasteiger partial charge on any atom is -0.492 e. The van der Waals surface area contributed by atoms with E-state index in [1.165, 1.54) is 18.4 Å². The first kappa shape index (κ1) is 14.7. The Morgan fingerprint density at radius 2 is 2.25 bits per heavy atom. The number of hydrogen-bond acceptors (Lipinski definition) is 6. The Morgan fingerprint density at radius 3 is 2.80 bits per heavy atom. The maximum atomic E-state index is 13.6. The highest BCUT2D eigenvalue weighted by molar-refractivity contribution is 7.89. The first-order chi connectivity index (χ1) is 9.44. The van der Waals surface area contributed by atoms with Gasteiger partial charge in [-0.15, -0.1) is 11.3 Å². The van der Waals surface area contributed by atoms with Gasteiger partial charge in [0.15, 0.2) is 11.6 Å². The summed E-state index contributed by atoms with van der Waals surface area (Å²) in [5, 5.41) is 1.71. The summed E-state index contributed by atoms with van der Waals surface area (Å²) in [6.07, 6.45) is 0. The van der Waals surface area contributed by atoms with Crippen molar-refractivity contribution in [1.82, 2.24) is 9.71 Å². The predicted molar refractivity (Wildman–Crippen MR) is 73.5 cm³/mol. The van der Waals surface area contributed by atoms with Crippen LogP contribution in [0, 0.1) is 5.82 Å². The number of anilines is 1. The van der Waals surface area contributed by atoms with Crippen molar-refractivity contribution >= 4 is 27.0 Å². The summed E-state index contributed by atoms with van der Waals surface area (Å²) in [4.78, 5) is 3.69. The number of hydrogen-bond donors (Lipinski definition) is 2. The highest BCUT2D eigenvalue weighted by atomic mass is 32.2. The Hall–Kier alpha value is -1.71. The molecule has 0 saturated carbocycles. The van der Waals surface area contributed by atoms with E-state index >= 15 is 0 Å². The topological polar surface area (TPSA) is 94.3 Å². The number of nitrogen functional groups attached to an aromatic ring is 1. The summed E-state index contributed by atoms with van der Waals surface area (Å²) in [7, 11) is -2.61. The van der Waals surface area contributed by atoms with E-state index in [2.05, 4.69) is 9.71 Å². The molecule has 20 heavy (non-hydrogen) atoms. The molecule has 0 amide bonds. The van der Waals surface area contributed by atoms with Gasteiger partial charge in [-0.1, -0.05) is 0 Å². The molecule has 6 nitrogen and oxygen atoms in total. The molecule has 0 atom stereocenters. The van der Waals surface area contributed by atoms with Gasteiger partial charge in [0.25, 0.3) is 0 Å². The lowest BCUT2D eigenvalue weighted by Crippen LogP contribution is -2.23. The quantitative estimate of drug-likeness (QED) is 0.812. The fourth-order valence-corrected chi connectivity index (χ4v) is 3.14. The van der Waals surface area contributed by atoms with Crippen LogP contribution >= 0.6 is 11.3 Å². The highest BCUT2D eigenvalue weighted by Crippen LogP contribution is 2.28. The van der Waals surface area contributed by atoms with E-state index in [0.29, 0.717) is 5.69 Å². The van der Waals surface area contributed by atoms with Crippen molar-refractivity contribution in [2.75, 3.05) is 12.8 Å². The van der Waals surface area contributed by atoms with Crippen LogP contribution < -0.4 is 15.2 Å². The fourth-order valence-electron chi connectivity index (χ4n) is 1.54. The maximum Gasteiger partial charge on any atom is 0.241 e. The average Bonchev–Trinajstić information content (AvgIpc) is 2.89. The molecule has 3 N–H and O–H groups in total. The van der Waals surface area contributed by atoms with E-state index in [9.17, 15) is 12.8 Å². The number of ether oxygens (including phenoxy) is 1. The summed E-state index contributed by atoms with van der Waals surface area (Å²) in [6.45, 7) is 0.0272. The summed E-state index contributed by atoms with van der Waals surface area (Å²) in [5.74, 6) is -1.01. The van der Waals surface area contributed by atoms with Crippen molar-refractivity contribution in [3.05, 3.63) is 34.5 Å². The van der Waals surface area contributed by atoms with Crippen LogP contribution in [0.2, 0.25) is 0 Å². The number of halogens is 1. The summed E-state index contributed by atoms with van der Waals surface area (Å²) >= 11 is 1.35. The minimum absolute atomic E-state index is 0.0272. The Labute approximate surface area is 119 Å². The van der Waals surface area contributed by atoms with Crippen LogP contribution in [0.25, 0.3) is 0 Å². The fraction of sp³-hybridized carbons (Fsp3) is 0.182. The van der Waals surface area contributed by atoms with E-state index in [1.807, 2.05) is 0 Å². The summed E-state index contributed by atoms with van der Waals surface area (Å²) in [5.41, 5.74) is 7.65. The van der Waals surface area contributed by atoms with Crippen LogP contribution in [0.4, 0.5) is 10.1 Å². The number of benzene rings is 1. The maximum absolute atomic E-state index is 13.6. The highest BCUT2D eigenvalue weighted by Gasteiger charge is 2.19. The average molecular weight is 317 g/mol. The molecule has 1 aromatic carbocycles. The van der Waals surface area contributed by atoms with E-state index in [0.717, 1.165) is 12.1 Å². The minimum atomic E-state index is -3.87. The van der Waals surface area contributed by atoms with Gasteiger partial charge in [0.2, 0.25) is 10.0 Å². The lowest BCUT2D eigenvalue weighted by molar-refractivity contribution is 0.388. The molecule has 1 aromatic heterocycles. The van der Waals surface area contributed by atoms with Gasteiger partial charge in [-0.25, -0.2) is 22.5 Å². The number of sulfonamides is 1. The van der Waals surface area contributed by atoms with Crippen molar-refractivity contribution in [1.29, 1.82) is 0 Å². The first-order valence-electron chi connectivity index (χ1n) is 5.44. The molecule has 2 rings (SSSR count). The zero-order chi connectivity index (χ0) is 14.8. The predicted octanol–water partition coefficient (Wildman–Crippen LogP) is 1.35. The van der Waals surface area contributed by atoms with Crippen molar-refractivity contribution in [2.45, 2.75) is 11.4 Å². The molecular formula is C11H12FN3O3S2. The molecule has 9 heteroatoms. The first-order valence-corrected chi connectivity index (χ1v) is 7.86. The molecule has 0 bridgehead atoms. The Bertz CT molecular complexity index is 679. The van der Waals surface area contributed by atoms with E-state index in [-0.39, 0.29) is 22.9 Å². The SMILES string of the molecule is COc1c(N)cc(S(=O)(=O)NCc2cscn2)cc1F. The van der Waals surface area contributed by atoms with E-state index in [4.69, 9.17) is 10.5 Å². The van der Waals surface area contributed by atoms with Gasteiger partial charge in [-0.05, 0) is 12.1 Å². The van der Waals surface area contributed by atoms with E-state index in [1.54, 1.807) is 10.9 Å². The monoisotopic (exact) mass is 317 g/mol. The zero-order valence-corrected chi connectivity index (χ0v) is 12.1. The van der Waals surface area contributed by atoms with Crippen LogP contribution in [0.5, 0.6) is 5.75 Å². The number of nitrogens with two attached hydrogens (primary N) is 1. The number of nitrogens with one attached hydrogen (secondary N) is 1. The lowest BCUT2D eigenvalue weighted by atomic mass is 10.3. The summed E-state index contributed by atoms with van der Waals surface area (Å²) < 4.78 is 44.8. The Morgan fingerprint density at radius 1 is 1.50 bits per heavy atom. The second-order valence-electron chi connectivity index (χ2n) is 3.83. The molecule has 0 saturated heterocycles. The molecule has 2 aromatic rings. The van der Waals surface area contributed by atoms with Gasteiger partial charge in [0.1, 0.15) is 0 Å². The van der Waals surface area contributed by atoms with Gasteiger partial charge < -0.3 is 10.5 Å². The third-order valence-electron chi connectivity index (χ3n) is 2.49. The van der Waals surface area contributed by atoms with Crippen LogP contribution in [0.3, 0.4) is 0 Å². The Kier molecular flexibility index (Phi) is 4.21. The molecule has 0 aliphatic carbocycles. The Balaban J connectivity index is 2.25. The van der Waals surface area contributed by atoms with Crippen LogP contribution in [0.1, 0.15) is 5.69 Å². The number of methoxy groups -OCH3 is 1. The van der Waals surface area contributed by atoms with Gasteiger partial charge in [-0.3, -0.25) is 0 Å². The smallest absolute Gasteiger partial charge is 0.241 e. The number of nitrogens with zero attached hydrogens (tertiary/aromatic N) is 1. The molecule has 0 spiro atoms. The zero-order valence-electron chi connectivity index (χ0n) is 10.5. The van der Waals surface area contributed by atoms with E-state index < -0.39 is 15.8 Å². The number of thiazole rings is 1. The van der Waals surface area contributed by atoms with Gasteiger partial charge in [0.05, 0.1) is 35.4 Å². The standard InChI is InChI=1S/C11H12FN3O3S2/c1-18-11-9(12)2-8(3-10(11)13)20(16,17)15-4-7-5-19-6-14-7/h2-3,5-6,15H,4,13H2,1H3. The van der Waals surface area contributed by atoms with Crippen LogP contribution in [0.15, 0.2) is 27.9 Å². The van der Waals surface area contributed by atoms with Crippen LogP contribution in [-0.2, 0) is 16.6 Å². The molecular weight excluding hydrogens is 305 g/mol. The number of aromatic nitrogens is 1. The molecule has 0 aliphatic heterocycles. The van der Waals surface area contributed by atoms with Crippen molar-refractivity contribution < 1.29 is 17.5 Å². The van der Waals surface area contributed by atoms with Crippen molar-refractivity contribution in [3.63, 3.8) is 0 Å². The normalized spacial score (nSPS) is 11.5.